The Bertz CT molecular complexity index is 1270. The Balaban J connectivity index is 1.34. The molecule has 7 nitrogen and oxygen atoms in total. The third kappa shape index (κ3) is 4.71. The summed E-state index contributed by atoms with van der Waals surface area (Å²) < 4.78 is 16.6. The molecule has 1 saturated heterocycles. The molecule has 244 valence electrons. The monoisotopic (exact) mass is 610 g/mol. The molecule has 1 aliphatic heterocycles. The van der Waals surface area contributed by atoms with Crippen molar-refractivity contribution < 1.29 is 33.4 Å². The lowest BCUT2D eigenvalue weighted by molar-refractivity contribution is -0.234. The van der Waals surface area contributed by atoms with Gasteiger partial charge in [-0.1, -0.05) is 38.8 Å². The molecule has 5 aliphatic carbocycles. The van der Waals surface area contributed by atoms with E-state index >= 15 is 0 Å². The van der Waals surface area contributed by atoms with Gasteiger partial charge < -0.3 is 14.2 Å². The third-order valence-electron chi connectivity index (χ3n) is 14.9. The van der Waals surface area contributed by atoms with E-state index in [0.717, 1.165) is 44.9 Å². The van der Waals surface area contributed by atoms with Gasteiger partial charge in [-0.2, -0.15) is 0 Å². The number of cyclic esters (lactones) is 2. The molecule has 0 amide bonds. The summed E-state index contributed by atoms with van der Waals surface area (Å²) in [4.78, 5) is 48.3. The molecule has 6 fully saturated rings. The predicted molar refractivity (Wildman–Crippen MR) is 165 cm³/mol. The summed E-state index contributed by atoms with van der Waals surface area (Å²) in [6, 6.07) is 0. The number of fused-ring (bicyclic) bond motifs is 7. The van der Waals surface area contributed by atoms with Crippen LogP contribution in [0.4, 0.5) is 0 Å². The van der Waals surface area contributed by atoms with Gasteiger partial charge in [-0.05, 0) is 123 Å². The van der Waals surface area contributed by atoms with E-state index in [1.54, 1.807) is 0 Å². The van der Waals surface area contributed by atoms with Crippen molar-refractivity contribution >= 4 is 23.9 Å². The van der Waals surface area contributed by atoms with Crippen LogP contribution in [-0.4, -0.2) is 36.6 Å². The van der Waals surface area contributed by atoms with Gasteiger partial charge >= 0.3 is 23.9 Å². The lowest BCUT2D eigenvalue weighted by Gasteiger charge is -2.71. The van der Waals surface area contributed by atoms with Crippen molar-refractivity contribution in [3.63, 3.8) is 0 Å². The smallest absolute Gasteiger partial charge is 0.317 e. The van der Waals surface area contributed by atoms with Crippen LogP contribution >= 0.6 is 0 Å². The van der Waals surface area contributed by atoms with Gasteiger partial charge in [-0.3, -0.25) is 19.2 Å². The van der Waals surface area contributed by atoms with Crippen LogP contribution in [0, 0.1) is 57.2 Å². The lowest BCUT2D eigenvalue weighted by atomic mass is 9.33. The van der Waals surface area contributed by atoms with Gasteiger partial charge in [-0.25, -0.2) is 0 Å². The molecule has 0 aromatic heterocycles. The number of esters is 4. The van der Waals surface area contributed by atoms with Crippen molar-refractivity contribution in [3.8, 4) is 0 Å². The highest BCUT2D eigenvalue weighted by Crippen LogP contribution is 2.76. The van der Waals surface area contributed by atoms with Crippen LogP contribution in [0.15, 0.2) is 11.1 Å². The lowest BCUT2D eigenvalue weighted by Crippen LogP contribution is -2.65. The first kappa shape index (κ1) is 31.8. The summed E-state index contributed by atoms with van der Waals surface area (Å²) >= 11 is 0. The Morgan fingerprint density at radius 3 is 2.27 bits per heavy atom. The van der Waals surface area contributed by atoms with Crippen molar-refractivity contribution in [1.82, 2.24) is 0 Å². The average molecular weight is 611 g/mol. The van der Waals surface area contributed by atoms with Crippen molar-refractivity contribution in [2.45, 2.75) is 132 Å². The van der Waals surface area contributed by atoms with Gasteiger partial charge in [0.1, 0.15) is 6.10 Å². The topological polar surface area (TPSA) is 96.0 Å². The van der Waals surface area contributed by atoms with E-state index < -0.39 is 5.97 Å². The molecule has 0 aromatic carbocycles. The summed E-state index contributed by atoms with van der Waals surface area (Å²) in [6.07, 6.45) is 11.7. The van der Waals surface area contributed by atoms with E-state index in [-0.39, 0.29) is 58.0 Å². The molecule has 11 atom stereocenters. The molecule has 1 heterocycles. The zero-order valence-electron chi connectivity index (χ0n) is 28.1. The number of ether oxygens (including phenoxy) is 3. The minimum Gasteiger partial charge on any atom is -0.465 e. The summed E-state index contributed by atoms with van der Waals surface area (Å²) in [6.45, 7) is 15.8. The maximum atomic E-state index is 12.4. The van der Waals surface area contributed by atoms with E-state index in [4.69, 9.17) is 14.2 Å². The standard InChI is InChI=1S/C37H54O7/c1-21(18-25-19-31(40)44-33(25)41)26-10-15-37(20-42-23(3)38)17-16-35(6)28(32(26)37)8-9-30-34(5)13-12-29(43-24(4)39)22(2)27(34)11-14-36(30,35)7/h22,25,27-30,32H,8-20H2,1-7H3/b26-21+/t22-,25?,27?,28?,29+,30?,32?,34+,35-,36-,37-/m1/s1. The molecular weight excluding hydrogens is 556 g/mol. The number of hydrogen-bond acceptors (Lipinski definition) is 7. The number of rotatable bonds is 5. The summed E-state index contributed by atoms with van der Waals surface area (Å²) in [7, 11) is 0. The van der Waals surface area contributed by atoms with Gasteiger partial charge in [0, 0.05) is 19.3 Å². The zero-order chi connectivity index (χ0) is 31.8. The maximum Gasteiger partial charge on any atom is 0.317 e. The number of carbonyl (C=O) groups is 4. The average Bonchev–Trinajstić information content (AvgIpc) is 3.48. The Labute approximate surface area is 263 Å². The number of hydrogen-bond donors (Lipinski definition) is 0. The molecule has 44 heavy (non-hydrogen) atoms. The Kier molecular flexibility index (Phi) is 7.92. The largest absolute Gasteiger partial charge is 0.465 e. The highest BCUT2D eigenvalue weighted by molar-refractivity contribution is 5.94. The minimum atomic E-state index is -0.412. The first-order chi connectivity index (χ1) is 20.6. The molecule has 5 saturated carbocycles. The molecule has 0 aromatic rings. The second-order valence-electron chi connectivity index (χ2n) is 16.6. The van der Waals surface area contributed by atoms with Crippen molar-refractivity contribution in [3.05, 3.63) is 11.1 Å². The first-order valence-electron chi connectivity index (χ1n) is 17.4. The first-order valence-corrected chi connectivity index (χ1v) is 17.4. The quantitative estimate of drug-likeness (QED) is 0.139. The van der Waals surface area contributed by atoms with Gasteiger partial charge in [0.15, 0.2) is 0 Å². The zero-order valence-corrected chi connectivity index (χ0v) is 28.1. The van der Waals surface area contributed by atoms with Crippen LogP contribution in [0.1, 0.15) is 126 Å². The van der Waals surface area contributed by atoms with E-state index in [0.29, 0.717) is 42.6 Å². The Morgan fingerprint density at radius 2 is 1.61 bits per heavy atom. The fourth-order valence-corrected chi connectivity index (χ4v) is 12.6. The summed E-state index contributed by atoms with van der Waals surface area (Å²) in [5, 5.41) is 0. The normalized spacial score (nSPS) is 47.5. The highest BCUT2D eigenvalue weighted by Gasteiger charge is 2.69. The van der Waals surface area contributed by atoms with E-state index in [2.05, 4.69) is 34.6 Å². The van der Waals surface area contributed by atoms with E-state index in [9.17, 15) is 19.2 Å². The number of carbonyl (C=O) groups excluding carboxylic acids is 4. The molecular formula is C37H54O7. The fraction of sp³-hybridized carbons (Fsp3) is 0.838. The molecule has 5 unspecified atom stereocenters. The second kappa shape index (κ2) is 11.0. The minimum absolute atomic E-state index is 0.0278. The Hall–Kier alpha value is -2.18. The fourth-order valence-electron chi connectivity index (χ4n) is 12.6. The second-order valence-corrected chi connectivity index (χ2v) is 16.6. The van der Waals surface area contributed by atoms with Crippen molar-refractivity contribution in [1.29, 1.82) is 0 Å². The van der Waals surface area contributed by atoms with Gasteiger partial charge in [0.05, 0.1) is 18.9 Å². The van der Waals surface area contributed by atoms with Crippen LogP contribution in [-0.2, 0) is 33.4 Å². The third-order valence-corrected chi connectivity index (χ3v) is 14.9. The molecule has 6 rings (SSSR count). The van der Waals surface area contributed by atoms with E-state index in [1.165, 1.54) is 44.3 Å². The van der Waals surface area contributed by atoms with E-state index in [1.807, 2.05) is 0 Å². The van der Waals surface area contributed by atoms with Crippen molar-refractivity contribution in [2.24, 2.45) is 57.2 Å². The molecule has 0 N–H and O–H groups in total. The molecule has 0 radical (unpaired) electrons. The van der Waals surface area contributed by atoms with Gasteiger partial charge in [0.2, 0.25) is 0 Å². The maximum absolute atomic E-state index is 12.4. The van der Waals surface area contributed by atoms with Crippen LogP contribution in [0.3, 0.4) is 0 Å². The Morgan fingerprint density at radius 1 is 0.864 bits per heavy atom. The van der Waals surface area contributed by atoms with Crippen molar-refractivity contribution in [2.75, 3.05) is 6.61 Å². The molecule has 6 aliphatic rings. The van der Waals surface area contributed by atoms with Crippen LogP contribution in [0.2, 0.25) is 0 Å². The predicted octanol–water partition coefficient (Wildman–Crippen LogP) is 7.35. The summed E-state index contributed by atoms with van der Waals surface area (Å²) in [5.41, 5.74) is 3.18. The highest BCUT2D eigenvalue weighted by atomic mass is 16.6. The SMILES string of the molecule is CC(=O)OC[C@]12CC/C(=C(/C)CC3CC(=O)OC3=O)C1C1CCC3[C@@]4(C)CC[C@H](OC(C)=O)[C@H](C)C4CC[C@@]3(C)[C@]1(C)CC2. The molecule has 0 spiro atoms. The number of allylic oxidation sites excluding steroid dienone is 2. The van der Waals surface area contributed by atoms with Gasteiger partial charge in [-0.15, -0.1) is 0 Å². The van der Waals surface area contributed by atoms with Crippen LogP contribution in [0.5, 0.6) is 0 Å². The summed E-state index contributed by atoms with van der Waals surface area (Å²) in [5.74, 6) is 0.780. The van der Waals surface area contributed by atoms with Crippen LogP contribution < -0.4 is 0 Å². The van der Waals surface area contributed by atoms with Gasteiger partial charge in [0.25, 0.3) is 0 Å². The molecule has 7 heteroatoms. The van der Waals surface area contributed by atoms with Crippen LogP contribution in [0.25, 0.3) is 0 Å². The molecule has 0 bridgehead atoms.